The van der Waals surface area contributed by atoms with Gasteiger partial charge in [-0.2, -0.15) is 11.8 Å². The van der Waals surface area contributed by atoms with Crippen LogP contribution in [0.5, 0.6) is 0 Å². The molecule has 0 saturated heterocycles. The average molecular weight is 266 g/mol. The van der Waals surface area contributed by atoms with Crippen LogP contribution in [0.3, 0.4) is 0 Å². The van der Waals surface area contributed by atoms with Crippen molar-refractivity contribution >= 4 is 17.7 Å². The van der Waals surface area contributed by atoms with Crippen LogP contribution in [-0.2, 0) is 6.54 Å². The van der Waals surface area contributed by atoms with E-state index in [1.807, 2.05) is 30.0 Å². The molecule has 0 unspecified atom stereocenters. The normalized spacial score (nSPS) is 10.5. The monoisotopic (exact) mass is 266 g/mol. The highest BCUT2D eigenvalue weighted by Crippen LogP contribution is 2.05. The van der Waals surface area contributed by atoms with Crippen molar-refractivity contribution in [2.75, 3.05) is 18.6 Å². The van der Waals surface area contributed by atoms with Gasteiger partial charge in [0.2, 0.25) is 5.91 Å². The molecule has 1 aromatic carbocycles. The first-order valence-electron chi connectivity index (χ1n) is 6.32. The third-order valence-electron chi connectivity index (χ3n) is 2.74. The lowest BCUT2D eigenvalue weighted by molar-refractivity contribution is 0.1000. The van der Waals surface area contributed by atoms with Gasteiger partial charge in [-0.1, -0.05) is 18.6 Å². The number of nitrogens with two attached hydrogens (primary N) is 1. The molecule has 1 amide bonds. The molecule has 1 aromatic rings. The van der Waals surface area contributed by atoms with Crippen molar-refractivity contribution in [3.63, 3.8) is 0 Å². The first-order valence-corrected chi connectivity index (χ1v) is 7.72. The second-order valence-corrected chi connectivity index (χ2v) is 5.28. The van der Waals surface area contributed by atoms with E-state index < -0.39 is 0 Å². The number of rotatable bonds is 9. The Labute approximate surface area is 114 Å². The van der Waals surface area contributed by atoms with Gasteiger partial charge in [0.15, 0.2) is 0 Å². The third-order valence-corrected chi connectivity index (χ3v) is 3.44. The minimum Gasteiger partial charge on any atom is -0.366 e. The molecule has 0 aliphatic carbocycles. The highest BCUT2D eigenvalue weighted by Gasteiger charge is 2.00. The maximum atomic E-state index is 11.0. The molecule has 18 heavy (non-hydrogen) atoms. The molecule has 0 fully saturated rings. The number of unbranched alkanes of at least 4 members (excludes halogenated alkanes) is 2. The molecule has 0 saturated carbocycles. The van der Waals surface area contributed by atoms with E-state index in [9.17, 15) is 4.79 Å². The van der Waals surface area contributed by atoms with Gasteiger partial charge < -0.3 is 11.1 Å². The van der Waals surface area contributed by atoms with E-state index in [4.69, 9.17) is 5.73 Å². The summed E-state index contributed by atoms with van der Waals surface area (Å²) < 4.78 is 0. The fourth-order valence-electron chi connectivity index (χ4n) is 1.74. The van der Waals surface area contributed by atoms with Crippen molar-refractivity contribution in [3.05, 3.63) is 35.4 Å². The molecule has 0 aromatic heterocycles. The molecule has 0 atom stereocenters. The minimum absolute atomic E-state index is 0.367. The quantitative estimate of drug-likeness (QED) is 0.675. The largest absolute Gasteiger partial charge is 0.366 e. The maximum absolute atomic E-state index is 11.0. The lowest BCUT2D eigenvalue weighted by Crippen LogP contribution is -2.16. The van der Waals surface area contributed by atoms with E-state index in [2.05, 4.69) is 11.6 Å². The summed E-state index contributed by atoms with van der Waals surface area (Å²) in [6, 6.07) is 7.47. The van der Waals surface area contributed by atoms with Gasteiger partial charge in [-0.05, 0) is 49.1 Å². The Bertz CT molecular complexity index is 369. The second-order valence-electron chi connectivity index (χ2n) is 4.29. The van der Waals surface area contributed by atoms with Crippen molar-refractivity contribution in [2.24, 2.45) is 5.73 Å². The Hall–Kier alpha value is -1.00. The van der Waals surface area contributed by atoms with Crippen LogP contribution in [0.4, 0.5) is 0 Å². The Balaban J connectivity index is 2.19. The third kappa shape index (κ3) is 6.07. The molecule has 4 heteroatoms. The molecule has 0 heterocycles. The first kappa shape index (κ1) is 15.1. The summed E-state index contributed by atoms with van der Waals surface area (Å²) in [6.45, 7) is 1.82. The lowest BCUT2D eigenvalue weighted by Gasteiger charge is -2.06. The van der Waals surface area contributed by atoms with Crippen molar-refractivity contribution in [3.8, 4) is 0 Å². The van der Waals surface area contributed by atoms with Gasteiger partial charge in [-0.25, -0.2) is 0 Å². The van der Waals surface area contributed by atoms with Gasteiger partial charge in [0.1, 0.15) is 0 Å². The van der Waals surface area contributed by atoms with Crippen LogP contribution in [-0.4, -0.2) is 24.5 Å². The summed E-state index contributed by atoms with van der Waals surface area (Å²) in [5.41, 5.74) is 6.93. The van der Waals surface area contributed by atoms with Crippen LogP contribution in [0.2, 0.25) is 0 Å². The van der Waals surface area contributed by atoms with E-state index in [0.717, 1.165) is 18.7 Å². The van der Waals surface area contributed by atoms with Gasteiger partial charge in [0.05, 0.1) is 0 Å². The smallest absolute Gasteiger partial charge is 0.248 e. The molecule has 3 nitrogen and oxygen atoms in total. The molecule has 0 bridgehead atoms. The number of primary amides is 1. The number of carbonyl (C=O) groups excluding carboxylic acids is 1. The summed E-state index contributed by atoms with van der Waals surface area (Å²) in [6.07, 6.45) is 5.91. The van der Waals surface area contributed by atoms with Crippen LogP contribution in [0, 0.1) is 0 Å². The summed E-state index contributed by atoms with van der Waals surface area (Å²) >= 11 is 1.90. The zero-order valence-electron chi connectivity index (χ0n) is 10.9. The number of nitrogens with one attached hydrogen (secondary N) is 1. The Morgan fingerprint density at radius 2 is 2.17 bits per heavy atom. The van der Waals surface area contributed by atoms with Gasteiger partial charge >= 0.3 is 0 Å². The highest BCUT2D eigenvalue weighted by molar-refractivity contribution is 7.98. The zero-order valence-corrected chi connectivity index (χ0v) is 11.8. The fraction of sp³-hybridized carbons (Fsp3) is 0.500. The molecular formula is C14H22N2OS. The summed E-state index contributed by atoms with van der Waals surface area (Å²) in [4.78, 5) is 11.0. The van der Waals surface area contributed by atoms with Gasteiger partial charge in [-0.15, -0.1) is 0 Å². The number of hydrogen-bond acceptors (Lipinski definition) is 3. The van der Waals surface area contributed by atoms with E-state index in [0.29, 0.717) is 5.56 Å². The van der Waals surface area contributed by atoms with Crippen molar-refractivity contribution in [2.45, 2.75) is 25.8 Å². The molecule has 0 aliphatic heterocycles. The van der Waals surface area contributed by atoms with Crippen LogP contribution in [0.1, 0.15) is 35.2 Å². The van der Waals surface area contributed by atoms with Crippen molar-refractivity contribution in [1.29, 1.82) is 0 Å². The Morgan fingerprint density at radius 1 is 1.33 bits per heavy atom. The van der Waals surface area contributed by atoms with Crippen LogP contribution in [0.15, 0.2) is 24.3 Å². The summed E-state index contributed by atoms with van der Waals surface area (Å²) in [7, 11) is 0. The Kier molecular flexibility index (Phi) is 7.53. The first-order chi connectivity index (χ1) is 8.74. The number of benzene rings is 1. The fourth-order valence-corrected chi connectivity index (χ4v) is 2.23. The van der Waals surface area contributed by atoms with Gasteiger partial charge in [0.25, 0.3) is 0 Å². The molecule has 0 spiro atoms. The lowest BCUT2D eigenvalue weighted by atomic mass is 10.1. The Morgan fingerprint density at radius 3 is 2.89 bits per heavy atom. The van der Waals surface area contributed by atoms with Crippen molar-refractivity contribution in [1.82, 2.24) is 5.32 Å². The highest BCUT2D eigenvalue weighted by atomic mass is 32.2. The van der Waals surface area contributed by atoms with Crippen LogP contribution < -0.4 is 11.1 Å². The molecule has 0 radical (unpaired) electrons. The molecular weight excluding hydrogens is 244 g/mol. The summed E-state index contributed by atoms with van der Waals surface area (Å²) in [5.74, 6) is 0.884. The summed E-state index contributed by atoms with van der Waals surface area (Å²) in [5, 5.41) is 3.39. The van der Waals surface area contributed by atoms with E-state index in [-0.39, 0.29) is 5.91 Å². The standard InChI is InChI=1S/C14H22N2OS/c1-18-9-4-2-3-8-16-11-12-6-5-7-13(10-12)14(15)17/h5-7,10,16H,2-4,8-9,11H2,1H3,(H2,15,17). The number of hydrogen-bond donors (Lipinski definition) is 2. The van der Waals surface area contributed by atoms with Gasteiger partial charge in [-0.3, -0.25) is 4.79 Å². The molecule has 0 aliphatic rings. The van der Waals surface area contributed by atoms with E-state index in [1.54, 1.807) is 6.07 Å². The number of amides is 1. The SMILES string of the molecule is CSCCCCCNCc1cccc(C(N)=O)c1. The van der Waals surface area contributed by atoms with Crippen LogP contribution in [0.25, 0.3) is 0 Å². The average Bonchev–Trinajstić information content (AvgIpc) is 2.38. The molecule has 1 rings (SSSR count). The molecule has 100 valence electrons. The second kappa shape index (κ2) is 9.00. The zero-order chi connectivity index (χ0) is 13.2. The predicted octanol–water partition coefficient (Wildman–Crippen LogP) is 2.41. The van der Waals surface area contributed by atoms with E-state index in [1.165, 1.54) is 25.0 Å². The molecule has 3 N–H and O–H groups in total. The topological polar surface area (TPSA) is 55.1 Å². The van der Waals surface area contributed by atoms with Crippen LogP contribution >= 0.6 is 11.8 Å². The minimum atomic E-state index is -0.367. The predicted molar refractivity (Wildman–Crippen MR) is 78.9 cm³/mol. The number of thioether (sulfide) groups is 1. The number of carbonyl (C=O) groups is 1. The maximum Gasteiger partial charge on any atom is 0.248 e. The van der Waals surface area contributed by atoms with Gasteiger partial charge in [0, 0.05) is 12.1 Å². The van der Waals surface area contributed by atoms with Crippen molar-refractivity contribution < 1.29 is 4.79 Å². The van der Waals surface area contributed by atoms with E-state index >= 15 is 0 Å².